The second kappa shape index (κ2) is 8.86. The van der Waals surface area contributed by atoms with E-state index in [1.807, 2.05) is 11.9 Å². The molecular formula is C20H29NO3. The van der Waals surface area contributed by atoms with Crippen LogP contribution in [0.4, 0.5) is 0 Å². The quantitative estimate of drug-likeness (QED) is 0.558. The van der Waals surface area contributed by atoms with Gasteiger partial charge in [0, 0.05) is 25.1 Å². The van der Waals surface area contributed by atoms with Gasteiger partial charge in [-0.2, -0.15) is 0 Å². The number of ketones is 1. The first-order valence-corrected chi connectivity index (χ1v) is 8.97. The SMILES string of the molecule is CC(=O)c1ccc(OCCCC(=O)N(C)C2CCC(C)CC2)cc1. The van der Waals surface area contributed by atoms with Gasteiger partial charge in [0.05, 0.1) is 6.61 Å². The van der Waals surface area contributed by atoms with Gasteiger partial charge >= 0.3 is 0 Å². The molecule has 0 aliphatic heterocycles. The molecule has 24 heavy (non-hydrogen) atoms. The van der Waals surface area contributed by atoms with Gasteiger partial charge in [0.25, 0.3) is 0 Å². The summed E-state index contributed by atoms with van der Waals surface area (Å²) in [6, 6.07) is 7.54. The topological polar surface area (TPSA) is 46.6 Å². The Morgan fingerprint density at radius 1 is 1.12 bits per heavy atom. The molecule has 0 unspecified atom stereocenters. The Bertz CT molecular complexity index is 545. The predicted octanol–water partition coefficient (Wildman–Crippen LogP) is 4.09. The second-order valence-corrected chi connectivity index (χ2v) is 6.95. The standard InChI is InChI=1S/C20H29NO3/c1-15-6-10-18(11-7-15)21(3)20(23)5-4-14-24-19-12-8-17(9-13-19)16(2)22/h8-9,12-13,15,18H,4-7,10-11,14H2,1-3H3. The van der Waals surface area contributed by atoms with Gasteiger partial charge in [0.2, 0.25) is 5.91 Å². The molecule has 1 amide bonds. The molecule has 1 fully saturated rings. The normalized spacial score (nSPS) is 20.5. The molecule has 1 saturated carbocycles. The fourth-order valence-electron chi connectivity index (χ4n) is 3.21. The van der Waals surface area contributed by atoms with Gasteiger partial charge in [0.1, 0.15) is 5.75 Å². The van der Waals surface area contributed by atoms with Crippen molar-refractivity contribution in [2.45, 2.75) is 58.4 Å². The van der Waals surface area contributed by atoms with Crippen molar-refractivity contribution in [2.24, 2.45) is 5.92 Å². The lowest BCUT2D eigenvalue weighted by Crippen LogP contribution is -2.39. The molecule has 2 rings (SSSR count). The number of nitrogens with zero attached hydrogens (tertiary/aromatic N) is 1. The Morgan fingerprint density at radius 2 is 1.75 bits per heavy atom. The summed E-state index contributed by atoms with van der Waals surface area (Å²) < 4.78 is 5.65. The zero-order valence-electron chi connectivity index (χ0n) is 15.1. The van der Waals surface area contributed by atoms with Crippen LogP contribution >= 0.6 is 0 Å². The fraction of sp³-hybridized carbons (Fsp3) is 0.600. The minimum absolute atomic E-state index is 0.0484. The Morgan fingerprint density at radius 3 is 2.33 bits per heavy atom. The fourth-order valence-corrected chi connectivity index (χ4v) is 3.21. The summed E-state index contributed by atoms with van der Waals surface area (Å²) in [6.45, 7) is 4.35. The number of ether oxygens (including phenoxy) is 1. The molecule has 0 heterocycles. The number of carbonyl (C=O) groups excluding carboxylic acids is 2. The van der Waals surface area contributed by atoms with Crippen LogP contribution in [-0.4, -0.2) is 36.3 Å². The van der Waals surface area contributed by atoms with Gasteiger partial charge < -0.3 is 9.64 Å². The molecular weight excluding hydrogens is 302 g/mol. The van der Waals surface area contributed by atoms with E-state index in [1.165, 1.54) is 12.8 Å². The van der Waals surface area contributed by atoms with E-state index >= 15 is 0 Å². The minimum atomic E-state index is 0.0484. The molecule has 0 N–H and O–H groups in total. The number of hydrogen-bond acceptors (Lipinski definition) is 3. The van der Waals surface area contributed by atoms with Crippen LogP contribution in [0.2, 0.25) is 0 Å². The van der Waals surface area contributed by atoms with Crippen molar-refractivity contribution in [3.05, 3.63) is 29.8 Å². The maximum Gasteiger partial charge on any atom is 0.222 e. The number of Topliss-reactive ketones (excluding diaryl/α,β-unsaturated/α-hetero) is 1. The molecule has 0 atom stereocenters. The summed E-state index contributed by atoms with van der Waals surface area (Å²) in [6.07, 6.45) is 5.93. The highest BCUT2D eigenvalue weighted by Crippen LogP contribution is 2.26. The molecule has 4 heteroatoms. The van der Waals surface area contributed by atoms with E-state index in [9.17, 15) is 9.59 Å². The van der Waals surface area contributed by atoms with E-state index in [0.717, 1.165) is 24.5 Å². The molecule has 1 aromatic rings. The third-order valence-corrected chi connectivity index (χ3v) is 4.99. The van der Waals surface area contributed by atoms with Gasteiger partial charge in [-0.15, -0.1) is 0 Å². The first-order valence-electron chi connectivity index (χ1n) is 8.97. The van der Waals surface area contributed by atoms with Crippen LogP contribution in [0.25, 0.3) is 0 Å². The van der Waals surface area contributed by atoms with Crippen molar-refractivity contribution in [3.8, 4) is 5.75 Å². The summed E-state index contributed by atoms with van der Waals surface area (Å²) in [7, 11) is 1.93. The predicted molar refractivity (Wildman–Crippen MR) is 95.4 cm³/mol. The van der Waals surface area contributed by atoms with Crippen LogP contribution in [0.3, 0.4) is 0 Å². The molecule has 0 aromatic heterocycles. The van der Waals surface area contributed by atoms with Crippen molar-refractivity contribution < 1.29 is 14.3 Å². The lowest BCUT2D eigenvalue weighted by atomic mass is 9.86. The zero-order valence-corrected chi connectivity index (χ0v) is 15.1. The number of rotatable bonds is 7. The summed E-state index contributed by atoms with van der Waals surface area (Å²) in [5.41, 5.74) is 0.681. The van der Waals surface area contributed by atoms with Crippen LogP contribution in [-0.2, 0) is 4.79 Å². The first-order chi connectivity index (χ1) is 11.5. The lowest BCUT2D eigenvalue weighted by Gasteiger charge is -2.33. The van der Waals surface area contributed by atoms with Crippen molar-refractivity contribution in [3.63, 3.8) is 0 Å². The van der Waals surface area contributed by atoms with E-state index in [1.54, 1.807) is 31.2 Å². The lowest BCUT2D eigenvalue weighted by molar-refractivity contribution is -0.132. The summed E-state index contributed by atoms with van der Waals surface area (Å²) in [5, 5.41) is 0. The van der Waals surface area contributed by atoms with E-state index in [2.05, 4.69) is 6.92 Å². The van der Waals surface area contributed by atoms with Crippen LogP contribution in [0.5, 0.6) is 5.75 Å². The first kappa shape index (κ1) is 18.5. The van der Waals surface area contributed by atoms with Crippen molar-refractivity contribution in [1.29, 1.82) is 0 Å². The largest absolute Gasteiger partial charge is 0.494 e. The average Bonchev–Trinajstić information content (AvgIpc) is 2.59. The van der Waals surface area contributed by atoms with E-state index in [4.69, 9.17) is 4.74 Å². The zero-order chi connectivity index (χ0) is 17.5. The van der Waals surface area contributed by atoms with Gasteiger partial charge in [-0.05, 0) is 69.2 Å². The maximum atomic E-state index is 12.3. The minimum Gasteiger partial charge on any atom is -0.494 e. The van der Waals surface area contributed by atoms with Crippen molar-refractivity contribution >= 4 is 11.7 Å². The van der Waals surface area contributed by atoms with Crippen LogP contribution in [0, 0.1) is 5.92 Å². The maximum absolute atomic E-state index is 12.3. The molecule has 0 saturated heterocycles. The highest BCUT2D eigenvalue weighted by molar-refractivity contribution is 5.94. The number of hydrogen-bond donors (Lipinski definition) is 0. The number of amides is 1. The molecule has 1 aliphatic rings. The highest BCUT2D eigenvalue weighted by atomic mass is 16.5. The van der Waals surface area contributed by atoms with Gasteiger partial charge in [0.15, 0.2) is 5.78 Å². The van der Waals surface area contributed by atoms with Crippen molar-refractivity contribution in [1.82, 2.24) is 4.90 Å². The van der Waals surface area contributed by atoms with Gasteiger partial charge in [-0.1, -0.05) is 6.92 Å². The van der Waals surface area contributed by atoms with Crippen LogP contribution in [0.1, 0.15) is 62.7 Å². The smallest absolute Gasteiger partial charge is 0.222 e. The second-order valence-electron chi connectivity index (χ2n) is 6.95. The monoisotopic (exact) mass is 331 g/mol. The number of carbonyl (C=O) groups is 2. The third-order valence-electron chi connectivity index (χ3n) is 4.99. The summed E-state index contributed by atoms with van der Waals surface area (Å²) >= 11 is 0. The number of benzene rings is 1. The van der Waals surface area contributed by atoms with Gasteiger partial charge in [-0.25, -0.2) is 0 Å². The van der Waals surface area contributed by atoms with E-state index in [-0.39, 0.29) is 11.7 Å². The molecule has 1 aliphatic carbocycles. The van der Waals surface area contributed by atoms with Crippen LogP contribution in [0.15, 0.2) is 24.3 Å². The molecule has 0 spiro atoms. The Labute approximate surface area is 145 Å². The molecule has 0 bridgehead atoms. The average molecular weight is 331 g/mol. The van der Waals surface area contributed by atoms with E-state index in [0.29, 0.717) is 31.1 Å². The Balaban J connectivity index is 1.67. The highest BCUT2D eigenvalue weighted by Gasteiger charge is 2.24. The van der Waals surface area contributed by atoms with Crippen LogP contribution < -0.4 is 4.74 Å². The van der Waals surface area contributed by atoms with Gasteiger partial charge in [-0.3, -0.25) is 9.59 Å². The van der Waals surface area contributed by atoms with E-state index < -0.39 is 0 Å². The molecule has 4 nitrogen and oxygen atoms in total. The summed E-state index contributed by atoms with van der Waals surface area (Å²) in [5.74, 6) is 1.80. The summed E-state index contributed by atoms with van der Waals surface area (Å²) in [4.78, 5) is 25.4. The molecule has 0 radical (unpaired) electrons. The third kappa shape index (κ3) is 5.36. The Kier molecular flexibility index (Phi) is 6.83. The van der Waals surface area contributed by atoms with Crippen molar-refractivity contribution in [2.75, 3.05) is 13.7 Å². The Hall–Kier alpha value is -1.84. The molecule has 132 valence electrons. The molecule has 1 aromatic carbocycles.